The van der Waals surface area contributed by atoms with Gasteiger partial charge in [-0.1, -0.05) is 18.2 Å². The SMILES string of the molecule is O=C(NCCCCc1ccccc1F)C1CCCN1C(=O)C(F)(F)F. The normalized spacial score (nSPS) is 17.6. The fourth-order valence-electron chi connectivity index (χ4n) is 2.92. The average molecular weight is 360 g/mol. The summed E-state index contributed by atoms with van der Waals surface area (Å²) in [4.78, 5) is 24.0. The average Bonchev–Trinajstić information content (AvgIpc) is 3.04. The van der Waals surface area contributed by atoms with E-state index in [4.69, 9.17) is 0 Å². The molecule has 1 aliphatic rings. The Labute approximate surface area is 143 Å². The molecule has 25 heavy (non-hydrogen) atoms. The Morgan fingerprint density at radius 3 is 2.60 bits per heavy atom. The quantitative estimate of drug-likeness (QED) is 0.627. The molecule has 2 rings (SSSR count). The van der Waals surface area contributed by atoms with E-state index in [1.165, 1.54) is 6.07 Å². The van der Waals surface area contributed by atoms with Crippen LogP contribution in [0.5, 0.6) is 0 Å². The molecular formula is C17H20F4N2O2. The molecule has 4 nitrogen and oxygen atoms in total. The Morgan fingerprint density at radius 2 is 1.92 bits per heavy atom. The number of nitrogens with one attached hydrogen (secondary N) is 1. The van der Waals surface area contributed by atoms with Crippen LogP contribution in [0.3, 0.4) is 0 Å². The summed E-state index contributed by atoms with van der Waals surface area (Å²) < 4.78 is 51.0. The molecule has 0 saturated carbocycles. The minimum Gasteiger partial charge on any atom is -0.354 e. The first-order valence-electron chi connectivity index (χ1n) is 8.19. The monoisotopic (exact) mass is 360 g/mol. The van der Waals surface area contributed by atoms with Crippen LogP contribution < -0.4 is 5.32 Å². The van der Waals surface area contributed by atoms with Gasteiger partial charge in [0.15, 0.2) is 0 Å². The highest BCUT2D eigenvalue weighted by Gasteiger charge is 2.47. The van der Waals surface area contributed by atoms with E-state index in [2.05, 4.69) is 5.32 Å². The molecule has 1 atom stereocenters. The molecule has 1 N–H and O–H groups in total. The molecule has 8 heteroatoms. The van der Waals surface area contributed by atoms with E-state index in [1.54, 1.807) is 18.2 Å². The minimum atomic E-state index is -4.97. The number of benzene rings is 1. The molecule has 1 unspecified atom stereocenters. The third-order valence-electron chi connectivity index (χ3n) is 4.19. The van der Waals surface area contributed by atoms with Gasteiger partial charge in [-0.05, 0) is 43.7 Å². The predicted molar refractivity (Wildman–Crippen MR) is 83.1 cm³/mol. The standard InChI is InChI=1S/C17H20F4N2O2/c18-13-8-2-1-6-12(13)7-3-4-10-22-15(24)14-9-5-11-23(14)16(25)17(19,20)21/h1-2,6,8,14H,3-5,7,9-11H2,(H,22,24). The zero-order valence-corrected chi connectivity index (χ0v) is 13.6. The van der Waals surface area contributed by atoms with Crippen LogP contribution in [0.2, 0.25) is 0 Å². The third-order valence-corrected chi connectivity index (χ3v) is 4.19. The van der Waals surface area contributed by atoms with Crippen LogP contribution in [0.1, 0.15) is 31.2 Å². The fourth-order valence-corrected chi connectivity index (χ4v) is 2.92. The van der Waals surface area contributed by atoms with Crippen LogP contribution in [0.15, 0.2) is 24.3 Å². The van der Waals surface area contributed by atoms with Gasteiger partial charge in [-0.15, -0.1) is 0 Å². The number of halogens is 4. The number of hydrogen-bond donors (Lipinski definition) is 1. The zero-order chi connectivity index (χ0) is 18.4. The van der Waals surface area contributed by atoms with E-state index in [1.807, 2.05) is 0 Å². The van der Waals surface area contributed by atoms with Gasteiger partial charge in [0.2, 0.25) is 5.91 Å². The first-order valence-corrected chi connectivity index (χ1v) is 8.19. The van der Waals surface area contributed by atoms with E-state index in [0.717, 1.165) is 0 Å². The summed E-state index contributed by atoms with van der Waals surface area (Å²) in [6.07, 6.45) is -2.65. The zero-order valence-electron chi connectivity index (χ0n) is 13.6. The van der Waals surface area contributed by atoms with E-state index >= 15 is 0 Å². The second kappa shape index (κ2) is 8.31. The highest BCUT2D eigenvalue weighted by Crippen LogP contribution is 2.25. The van der Waals surface area contributed by atoms with Crippen molar-refractivity contribution < 1.29 is 27.2 Å². The highest BCUT2D eigenvalue weighted by molar-refractivity contribution is 5.90. The molecule has 1 aromatic carbocycles. The molecule has 1 aromatic rings. The van der Waals surface area contributed by atoms with Crippen LogP contribution in [-0.4, -0.2) is 42.0 Å². The van der Waals surface area contributed by atoms with Gasteiger partial charge in [0.1, 0.15) is 11.9 Å². The summed E-state index contributed by atoms with van der Waals surface area (Å²) in [6.45, 7) is 0.210. The van der Waals surface area contributed by atoms with Crippen molar-refractivity contribution in [3.05, 3.63) is 35.6 Å². The lowest BCUT2D eigenvalue weighted by molar-refractivity contribution is -0.186. The first kappa shape index (κ1) is 19.2. The highest BCUT2D eigenvalue weighted by atomic mass is 19.4. The largest absolute Gasteiger partial charge is 0.471 e. The summed E-state index contributed by atoms with van der Waals surface area (Å²) in [6, 6.07) is 5.35. The molecule has 1 saturated heterocycles. The Morgan fingerprint density at radius 1 is 1.20 bits per heavy atom. The molecule has 0 bridgehead atoms. The molecule has 0 aromatic heterocycles. The number of nitrogens with zero attached hydrogens (tertiary/aromatic N) is 1. The van der Waals surface area contributed by atoms with Gasteiger partial charge in [-0.2, -0.15) is 13.2 Å². The van der Waals surface area contributed by atoms with Crippen LogP contribution >= 0.6 is 0 Å². The lowest BCUT2D eigenvalue weighted by atomic mass is 10.1. The van der Waals surface area contributed by atoms with Gasteiger partial charge in [0, 0.05) is 13.1 Å². The third kappa shape index (κ3) is 5.17. The Kier molecular flexibility index (Phi) is 6.39. The maximum absolute atomic E-state index is 13.4. The number of unbranched alkanes of at least 4 members (excludes halogenated alkanes) is 1. The van der Waals surface area contributed by atoms with E-state index in [9.17, 15) is 27.2 Å². The van der Waals surface area contributed by atoms with Crippen molar-refractivity contribution in [2.45, 2.75) is 44.3 Å². The number of carbonyl (C=O) groups is 2. The van der Waals surface area contributed by atoms with Crippen LogP contribution in [0.25, 0.3) is 0 Å². The van der Waals surface area contributed by atoms with Gasteiger partial charge in [-0.25, -0.2) is 4.39 Å². The number of carbonyl (C=O) groups excluding carboxylic acids is 2. The molecule has 1 fully saturated rings. The number of likely N-dealkylation sites (tertiary alicyclic amines) is 1. The van der Waals surface area contributed by atoms with Crippen molar-refractivity contribution in [3.63, 3.8) is 0 Å². The maximum atomic E-state index is 13.4. The van der Waals surface area contributed by atoms with Crippen molar-refractivity contribution in [2.75, 3.05) is 13.1 Å². The molecule has 138 valence electrons. The second-order valence-electron chi connectivity index (χ2n) is 5.99. The number of alkyl halides is 3. The van der Waals surface area contributed by atoms with Gasteiger partial charge in [-0.3, -0.25) is 9.59 Å². The number of rotatable bonds is 6. The molecule has 0 spiro atoms. The molecular weight excluding hydrogens is 340 g/mol. The van der Waals surface area contributed by atoms with Crippen molar-refractivity contribution in [1.82, 2.24) is 10.2 Å². The second-order valence-corrected chi connectivity index (χ2v) is 5.99. The van der Waals surface area contributed by atoms with Crippen LogP contribution in [0.4, 0.5) is 17.6 Å². The summed E-state index contributed by atoms with van der Waals surface area (Å²) in [5.74, 6) is -2.82. The van der Waals surface area contributed by atoms with E-state index in [-0.39, 0.29) is 25.3 Å². The van der Waals surface area contributed by atoms with Gasteiger partial charge in [0.25, 0.3) is 0 Å². The Hall–Kier alpha value is -2.12. The molecule has 0 aliphatic carbocycles. The lowest BCUT2D eigenvalue weighted by Crippen LogP contribution is -2.50. The molecule has 0 radical (unpaired) electrons. The van der Waals surface area contributed by atoms with Gasteiger partial charge < -0.3 is 10.2 Å². The maximum Gasteiger partial charge on any atom is 0.471 e. The predicted octanol–water partition coefficient (Wildman–Crippen LogP) is 2.82. The van der Waals surface area contributed by atoms with Crippen LogP contribution in [0, 0.1) is 5.82 Å². The van der Waals surface area contributed by atoms with Crippen molar-refractivity contribution in [1.29, 1.82) is 0 Å². The van der Waals surface area contributed by atoms with E-state index < -0.39 is 24.0 Å². The number of aryl methyl sites for hydroxylation is 1. The molecule has 1 heterocycles. The topological polar surface area (TPSA) is 49.4 Å². The fraction of sp³-hybridized carbons (Fsp3) is 0.529. The minimum absolute atomic E-state index is 0.0658. The number of hydrogen-bond acceptors (Lipinski definition) is 2. The Balaban J connectivity index is 1.74. The summed E-state index contributed by atoms with van der Waals surface area (Å²) >= 11 is 0. The lowest BCUT2D eigenvalue weighted by Gasteiger charge is -2.24. The summed E-state index contributed by atoms with van der Waals surface area (Å²) in [7, 11) is 0. The van der Waals surface area contributed by atoms with Crippen molar-refractivity contribution in [2.24, 2.45) is 0 Å². The van der Waals surface area contributed by atoms with Gasteiger partial charge in [0.05, 0.1) is 0 Å². The van der Waals surface area contributed by atoms with E-state index in [0.29, 0.717) is 36.1 Å². The van der Waals surface area contributed by atoms with Gasteiger partial charge >= 0.3 is 12.1 Å². The number of amides is 2. The van der Waals surface area contributed by atoms with Crippen molar-refractivity contribution in [3.8, 4) is 0 Å². The Bertz CT molecular complexity index is 619. The molecule has 2 amide bonds. The summed E-state index contributed by atoms with van der Waals surface area (Å²) in [5, 5.41) is 2.57. The summed E-state index contributed by atoms with van der Waals surface area (Å²) in [5.41, 5.74) is 0.589. The molecule has 1 aliphatic heterocycles. The van der Waals surface area contributed by atoms with Crippen LogP contribution in [-0.2, 0) is 16.0 Å². The van der Waals surface area contributed by atoms with Crippen molar-refractivity contribution >= 4 is 11.8 Å². The first-order chi connectivity index (χ1) is 11.8. The smallest absolute Gasteiger partial charge is 0.354 e.